The van der Waals surface area contributed by atoms with Crippen molar-refractivity contribution in [3.8, 4) is 0 Å². The average molecular weight is 244 g/mol. The van der Waals surface area contributed by atoms with Gasteiger partial charge < -0.3 is 20.1 Å². The number of hydrogen-bond donors (Lipinski definition) is 2. The van der Waals surface area contributed by atoms with Crippen molar-refractivity contribution in [3.63, 3.8) is 0 Å². The molecule has 0 aliphatic rings. The molecule has 0 unspecified atom stereocenters. The SMILES string of the molecule is C=CCN(CC(=O)O)C(=O)NCC(=O)OCC. The minimum atomic E-state index is -1.14. The molecular weight excluding hydrogens is 228 g/mol. The van der Waals surface area contributed by atoms with Gasteiger partial charge in [-0.15, -0.1) is 6.58 Å². The van der Waals surface area contributed by atoms with Crippen LogP contribution in [0.1, 0.15) is 6.92 Å². The Hall–Kier alpha value is -2.05. The van der Waals surface area contributed by atoms with E-state index in [0.717, 1.165) is 4.90 Å². The lowest BCUT2D eigenvalue weighted by atomic mass is 10.4. The van der Waals surface area contributed by atoms with Gasteiger partial charge in [0.2, 0.25) is 0 Å². The van der Waals surface area contributed by atoms with Crippen molar-refractivity contribution >= 4 is 18.0 Å². The number of urea groups is 1. The van der Waals surface area contributed by atoms with Crippen LogP contribution in [0.3, 0.4) is 0 Å². The molecule has 0 heterocycles. The third-order valence-electron chi connectivity index (χ3n) is 1.65. The fourth-order valence-electron chi connectivity index (χ4n) is 1.01. The van der Waals surface area contributed by atoms with Gasteiger partial charge in [-0.2, -0.15) is 0 Å². The first-order valence-electron chi connectivity index (χ1n) is 5.02. The molecule has 7 nitrogen and oxygen atoms in total. The van der Waals surface area contributed by atoms with Crippen LogP contribution in [-0.2, 0) is 14.3 Å². The monoisotopic (exact) mass is 244 g/mol. The Kier molecular flexibility index (Phi) is 7.16. The van der Waals surface area contributed by atoms with E-state index in [-0.39, 0.29) is 19.7 Å². The highest BCUT2D eigenvalue weighted by molar-refractivity contribution is 5.83. The van der Waals surface area contributed by atoms with Crippen LogP contribution in [0, 0.1) is 0 Å². The standard InChI is InChI=1S/C10H16N2O5/c1-3-5-12(7-8(13)14)10(16)11-6-9(15)17-4-2/h3H,1,4-7H2,2H3,(H,11,16)(H,13,14). The van der Waals surface area contributed by atoms with Gasteiger partial charge in [-0.3, -0.25) is 9.59 Å². The molecule has 0 spiro atoms. The maximum Gasteiger partial charge on any atom is 0.325 e. The first-order valence-corrected chi connectivity index (χ1v) is 5.02. The van der Waals surface area contributed by atoms with E-state index in [1.807, 2.05) is 0 Å². The van der Waals surface area contributed by atoms with E-state index in [1.54, 1.807) is 6.92 Å². The molecule has 17 heavy (non-hydrogen) atoms. The number of hydrogen-bond acceptors (Lipinski definition) is 4. The van der Waals surface area contributed by atoms with Crippen LogP contribution in [0.15, 0.2) is 12.7 Å². The largest absolute Gasteiger partial charge is 0.480 e. The van der Waals surface area contributed by atoms with Crippen LogP contribution < -0.4 is 5.32 Å². The average Bonchev–Trinajstić information content (AvgIpc) is 2.25. The van der Waals surface area contributed by atoms with Gasteiger partial charge in [-0.05, 0) is 6.92 Å². The highest BCUT2D eigenvalue weighted by Crippen LogP contribution is 1.90. The van der Waals surface area contributed by atoms with Crippen molar-refractivity contribution < 1.29 is 24.2 Å². The maximum absolute atomic E-state index is 11.5. The quantitative estimate of drug-likeness (QED) is 0.479. The van der Waals surface area contributed by atoms with Gasteiger partial charge in [-0.25, -0.2) is 4.79 Å². The van der Waals surface area contributed by atoms with Gasteiger partial charge in [0.05, 0.1) is 6.61 Å². The molecule has 0 radical (unpaired) electrons. The predicted molar refractivity (Wildman–Crippen MR) is 59.4 cm³/mol. The second-order valence-corrected chi connectivity index (χ2v) is 3.03. The fraction of sp³-hybridized carbons (Fsp3) is 0.500. The Morgan fingerprint density at radius 1 is 1.47 bits per heavy atom. The van der Waals surface area contributed by atoms with E-state index >= 15 is 0 Å². The molecule has 2 N–H and O–H groups in total. The summed E-state index contributed by atoms with van der Waals surface area (Å²) in [5.74, 6) is -1.71. The molecule has 0 rings (SSSR count). The number of carbonyl (C=O) groups is 3. The number of aliphatic carboxylic acids is 1. The maximum atomic E-state index is 11.5. The summed E-state index contributed by atoms with van der Waals surface area (Å²) in [5, 5.41) is 10.8. The minimum Gasteiger partial charge on any atom is -0.480 e. The second kappa shape index (κ2) is 8.14. The number of nitrogens with one attached hydrogen (secondary N) is 1. The number of amides is 2. The summed E-state index contributed by atoms with van der Waals surface area (Å²) in [7, 11) is 0. The molecule has 96 valence electrons. The lowest BCUT2D eigenvalue weighted by Crippen LogP contribution is -2.44. The third-order valence-corrected chi connectivity index (χ3v) is 1.65. The van der Waals surface area contributed by atoms with Gasteiger partial charge in [0.1, 0.15) is 13.1 Å². The molecule has 2 amide bonds. The van der Waals surface area contributed by atoms with E-state index in [4.69, 9.17) is 5.11 Å². The van der Waals surface area contributed by atoms with Gasteiger partial charge in [-0.1, -0.05) is 6.08 Å². The molecule has 0 aromatic heterocycles. The molecule has 0 saturated carbocycles. The highest BCUT2D eigenvalue weighted by Gasteiger charge is 2.16. The number of nitrogens with zero attached hydrogens (tertiary/aromatic N) is 1. The number of esters is 1. The predicted octanol–water partition coefficient (Wildman–Crippen LogP) is -0.168. The minimum absolute atomic E-state index is 0.0843. The summed E-state index contributed by atoms with van der Waals surface area (Å²) in [6.45, 7) is 4.61. The molecule has 0 saturated heterocycles. The summed E-state index contributed by atoms with van der Waals surface area (Å²) in [6, 6.07) is -0.652. The van der Waals surface area contributed by atoms with Crippen LogP contribution in [0.5, 0.6) is 0 Å². The van der Waals surface area contributed by atoms with E-state index in [2.05, 4.69) is 16.6 Å². The number of rotatable bonds is 7. The Morgan fingerprint density at radius 2 is 2.12 bits per heavy atom. The second-order valence-electron chi connectivity index (χ2n) is 3.03. The van der Waals surface area contributed by atoms with E-state index in [9.17, 15) is 14.4 Å². The lowest BCUT2D eigenvalue weighted by Gasteiger charge is -2.18. The van der Waals surface area contributed by atoms with Crippen molar-refractivity contribution in [1.82, 2.24) is 10.2 Å². The van der Waals surface area contributed by atoms with Gasteiger partial charge >= 0.3 is 18.0 Å². The first-order chi connectivity index (χ1) is 8.01. The van der Waals surface area contributed by atoms with Crippen LogP contribution >= 0.6 is 0 Å². The molecule has 0 fully saturated rings. The Bertz CT molecular complexity index is 303. The lowest BCUT2D eigenvalue weighted by molar-refractivity contribution is -0.141. The number of carboxylic acid groups (broad SMARTS) is 1. The van der Waals surface area contributed by atoms with Crippen molar-refractivity contribution in [2.24, 2.45) is 0 Å². The van der Waals surface area contributed by atoms with E-state index in [1.165, 1.54) is 6.08 Å². The zero-order valence-corrected chi connectivity index (χ0v) is 9.64. The van der Waals surface area contributed by atoms with Crippen LogP contribution in [-0.4, -0.2) is 54.2 Å². The molecule has 7 heteroatoms. The summed E-state index contributed by atoms with van der Waals surface area (Å²) >= 11 is 0. The first kappa shape index (κ1) is 14.9. The molecule has 0 atom stereocenters. The Morgan fingerprint density at radius 3 is 2.59 bits per heavy atom. The van der Waals surface area contributed by atoms with Crippen LogP contribution in [0.25, 0.3) is 0 Å². The Labute approximate surface area is 99.0 Å². The molecule has 0 bridgehead atoms. The topological polar surface area (TPSA) is 95.9 Å². The van der Waals surface area contributed by atoms with Crippen LogP contribution in [0.2, 0.25) is 0 Å². The fourth-order valence-corrected chi connectivity index (χ4v) is 1.01. The summed E-state index contributed by atoms with van der Waals surface area (Å²) in [5.41, 5.74) is 0. The molecular formula is C10H16N2O5. The smallest absolute Gasteiger partial charge is 0.325 e. The van der Waals surface area contributed by atoms with Gasteiger partial charge in [0, 0.05) is 6.54 Å². The van der Waals surface area contributed by atoms with Gasteiger partial charge in [0.25, 0.3) is 0 Å². The summed E-state index contributed by atoms with van der Waals surface area (Å²) < 4.78 is 4.60. The van der Waals surface area contributed by atoms with Crippen molar-refractivity contribution in [3.05, 3.63) is 12.7 Å². The molecule has 0 aromatic rings. The summed E-state index contributed by atoms with van der Waals surface area (Å²) in [6.07, 6.45) is 1.40. The number of carboxylic acids is 1. The van der Waals surface area contributed by atoms with Crippen molar-refractivity contribution in [2.75, 3.05) is 26.2 Å². The molecule has 0 aliphatic heterocycles. The van der Waals surface area contributed by atoms with Crippen LogP contribution in [0.4, 0.5) is 4.79 Å². The zero-order valence-electron chi connectivity index (χ0n) is 9.64. The van der Waals surface area contributed by atoms with Crippen molar-refractivity contribution in [2.45, 2.75) is 6.92 Å². The van der Waals surface area contributed by atoms with E-state index in [0.29, 0.717) is 0 Å². The van der Waals surface area contributed by atoms with E-state index < -0.39 is 24.5 Å². The Balaban J connectivity index is 4.17. The number of ether oxygens (including phenoxy) is 1. The highest BCUT2D eigenvalue weighted by atomic mass is 16.5. The molecule has 0 aliphatic carbocycles. The molecule has 0 aromatic carbocycles. The van der Waals surface area contributed by atoms with Crippen molar-refractivity contribution in [1.29, 1.82) is 0 Å². The normalized spacial score (nSPS) is 9.24. The van der Waals surface area contributed by atoms with Gasteiger partial charge in [0.15, 0.2) is 0 Å². The third kappa shape index (κ3) is 6.93. The number of carbonyl (C=O) groups excluding carboxylic acids is 2. The summed E-state index contributed by atoms with van der Waals surface area (Å²) in [4.78, 5) is 33.9. The zero-order chi connectivity index (χ0) is 13.3.